The van der Waals surface area contributed by atoms with E-state index in [-0.39, 0.29) is 24.8 Å². The van der Waals surface area contributed by atoms with Crippen molar-refractivity contribution in [3.05, 3.63) is 82.5 Å². The van der Waals surface area contributed by atoms with Crippen LogP contribution in [0.2, 0.25) is 0 Å². The normalized spacial score (nSPS) is 12.9. The van der Waals surface area contributed by atoms with Crippen molar-refractivity contribution in [1.82, 2.24) is 19.9 Å². The number of H-pyrrole nitrogens is 2. The van der Waals surface area contributed by atoms with E-state index in [4.69, 9.17) is 19.4 Å². The highest BCUT2D eigenvalue weighted by Gasteiger charge is 2.21. The van der Waals surface area contributed by atoms with Crippen LogP contribution in [0.3, 0.4) is 0 Å². The highest BCUT2D eigenvalue weighted by atomic mass is 16.5. The van der Waals surface area contributed by atoms with Crippen molar-refractivity contribution in [2.75, 3.05) is 14.2 Å². The molecule has 0 saturated carbocycles. The highest BCUT2D eigenvalue weighted by molar-refractivity contribution is 5.97. The maximum absolute atomic E-state index is 12.1. The van der Waals surface area contributed by atoms with Crippen molar-refractivity contribution in [2.45, 2.75) is 53.4 Å². The van der Waals surface area contributed by atoms with Gasteiger partial charge in [-0.2, -0.15) is 0 Å². The number of nitrogens with one attached hydrogen (secondary N) is 2. The molecule has 0 saturated heterocycles. The van der Waals surface area contributed by atoms with Crippen LogP contribution in [-0.4, -0.2) is 46.1 Å². The molecule has 5 rings (SSSR count). The number of esters is 2. The first-order chi connectivity index (χ1) is 21.1. The Morgan fingerprint density at radius 1 is 0.659 bits per heavy atom. The molecule has 8 nitrogen and oxygen atoms in total. The van der Waals surface area contributed by atoms with Crippen LogP contribution in [0, 0.1) is 13.8 Å². The third-order valence-electron chi connectivity index (χ3n) is 8.66. The van der Waals surface area contributed by atoms with Crippen molar-refractivity contribution in [1.29, 1.82) is 0 Å². The fourth-order valence-electron chi connectivity index (χ4n) is 5.96. The van der Waals surface area contributed by atoms with Gasteiger partial charge in [-0.05, 0) is 98.2 Å². The summed E-state index contributed by atoms with van der Waals surface area (Å²) in [5, 5.41) is 0. The number of nitrogens with zero attached hydrogens (tertiary/aromatic N) is 2. The molecule has 3 aromatic rings. The lowest BCUT2D eigenvalue weighted by Crippen LogP contribution is -2.00. The fraction of sp³-hybridized carbons (Fsp3) is 0.278. The van der Waals surface area contributed by atoms with Crippen LogP contribution in [0.1, 0.15) is 84.6 Å². The Labute approximate surface area is 257 Å². The maximum atomic E-state index is 12.1. The first-order valence-electron chi connectivity index (χ1n) is 14.6. The number of allylic oxidation sites excluding steroid dienone is 4. The van der Waals surface area contributed by atoms with E-state index in [1.165, 1.54) is 14.2 Å². The van der Waals surface area contributed by atoms with E-state index in [1.54, 1.807) is 0 Å². The Bertz CT molecular complexity index is 1810. The Morgan fingerprint density at radius 3 is 1.36 bits per heavy atom. The fourth-order valence-corrected chi connectivity index (χ4v) is 5.96. The number of hydrogen-bond acceptors (Lipinski definition) is 6. The second-order valence-corrected chi connectivity index (χ2v) is 11.1. The number of aromatic nitrogens is 4. The number of aromatic amines is 2. The van der Waals surface area contributed by atoms with Crippen molar-refractivity contribution in [3.8, 4) is 0 Å². The lowest BCUT2D eigenvalue weighted by atomic mass is 10.0. The molecule has 2 aliphatic rings. The third kappa shape index (κ3) is 5.55. The molecule has 2 N–H and O–H groups in total. The number of carbonyl (C=O) groups is 2. The van der Waals surface area contributed by atoms with Gasteiger partial charge in [-0.15, -0.1) is 0 Å². The highest BCUT2D eigenvalue weighted by Crippen LogP contribution is 2.37. The first kappa shape index (κ1) is 30.5. The molecule has 5 heterocycles. The molecule has 3 aromatic heterocycles. The number of carbonyl (C=O) groups excluding carboxylic acids is 2. The van der Waals surface area contributed by atoms with Crippen LogP contribution in [-0.2, 0) is 19.1 Å². The molecule has 8 bridgehead atoms. The van der Waals surface area contributed by atoms with Gasteiger partial charge in [0.05, 0.1) is 37.0 Å². The van der Waals surface area contributed by atoms with Gasteiger partial charge in [0.25, 0.3) is 0 Å². The molecule has 0 spiro atoms. The number of aryl methyl sites for hydroxylation is 2. The quantitative estimate of drug-likeness (QED) is 0.257. The summed E-state index contributed by atoms with van der Waals surface area (Å²) in [5.74, 6) is -0.529. The van der Waals surface area contributed by atoms with Gasteiger partial charge < -0.3 is 19.4 Å². The summed E-state index contributed by atoms with van der Waals surface area (Å²) in [4.78, 5) is 41.5. The molecule has 0 unspecified atom stereocenters. The minimum atomic E-state index is -0.265. The molecule has 0 atom stereocenters. The topological polar surface area (TPSA) is 110 Å². The number of methoxy groups -OCH3 is 2. The zero-order valence-corrected chi connectivity index (χ0v) is 26.2. The second kappa shape index (κ2) is 12.3. The lowest BCUT2D eigenvalue weighted by molar-refractivity contribution is -0.141. The molecule has 226 valence electrons. The standard InChI is InChI=1S/C36H38N4O4/c1-9-23-19(3)27-17-33-26(12-14-36(42)44-8)22(6)30(40-33)16-32-24(10-2)20(4)28(38-32)18-34-25(11-13-35(41)43-7)21(5)29(39-34)15-31(23)37-27/h9-10,15-18,37-38H,1-2,11-14H2,3-8H3. The van der Waals surface area contributed by atoms with Gasteiger partial charge >= 0.3 is 11.9 Å². The smallest absolute Gasteiger partial charge is 0.305 e. The summed E-state index contributed by atoms with van der Waals surface area (Å²) >= 11 is 0. The molecule has 0 radical (unpaired) electrons. The Kier molecular flexibility index (Phi) is 8.54. The van der Waals surface area contributed by atoms with Crippen LogP contribution >= 0.6 is 0 Å². The number of rotatable bonds is 8. The minimum Gasteiger partial charge on any atom is -0.469 e. The molecular formula is C36H38N4O4. The van der Waals surface area contributed by atoms with Crippen LogP contribution in [0.4, 0.5) is 0 Å². The zero-order valence-electron chi connectivity index (χ0n) is 26.2. The number of ether oxygens (including phenoxy) is 2. The van der Waals surface area contributed by atoms with E-state index in [0.717, 1.165) is 89.4 Å². The third-order valence-corrected chi connectivity index (χ3v) is 8.66. The summed E-state index contributed by atoms with van der Waals surface area (Å²) in [5.41, 5.74) is 14.7. The van der Waals surface area contributed by atoms with Crippen molar-refractivity contribution >= 4 is 68.4 Å². The van der Waals surface area contributed by atoms with E-state index in [9.17, 15) is 9.59 Å². The second-order valence-electron chi connectivity index (χ2n) is 11.1. The molecule has 44 heavy (non-hydrogen) atoms. The molecular weight excluding hydrogens is 552 g/mol. The van der Waals surface area contributed by atoms with Crippen LogP contribution < -0.4 is 0 Å². The molecule has 0 aliphatic carbocycles. The van der Waals surface area contributed by atoms with Gasteiger partial charge in [-0.1, -0.05) is 25.3 Å². The van der Waals surface area contributed by atoms with Crippen LogP contribution in [0.25, 0.3) is 56.5 Å². The Balaban J connectivity index is 1.88. The minimum absolute atomic E-state index is 0.255. The Morgan fingerprint density at radius 2 is 1.02 bits per heavy atom. The van der Waals surface area contributed by atoms with Gasteiger partial charge in [0.1, 0.15) is 0 Å². The summed E-state index contributed by atoms with van der Waals surface area (Å²) in [7, 11) is 2.81. The van der Waals surface area contributed by atoms with Gasteiger partial charge in [-0.3, -0.25) is 9.59 Å². The SMILES string of the molecule is C=Cc1c(C)c2cc3nc(cc4[nH]c(cc5nc(cc1[nH]2)C(C)=C5CCC(=O)OC)c(C)c4C=C)C(C)=C3CCC(=O)OC. The van der Waals surface area contributed by atoms with Crippen molar-refractivity contribution in [3.63, 3.8) is 0 Å². The van der Waals surface area contributed by atoms with E-state index in [0.29, 0.717) is 12.8 Å². The predicted octanol–water partition coefficient (Wildman–Crippen LogP) is 7.99. The van der Waals surface area contributed by atoms with E-state index in [2.05, 4.69) is 23.1 Å². The van der Waals surface area contributed by atoms with Gasteiger partial charge in [0.15, 0.2) is 0 Å². The monoisotopic (exact) mass is 590 g/mol. The largest absolute Gasteiger partial charge is 0.469 e. The molecule has 0 amide bonds. The first-order valence-corrected chi connectivity index (χ1v) is 14.6. The Hall–Kier alpha value is -4.98. The van der Waals surface area contributed by atoms with Gasteiger partial charge in [0.2, 0.25) is 0 Å². The van der Waals surface area contributed by atoms with Gasteiger partial charge in [-0.25, -0.2) is 9.97 Å². The van der Waals surface area contributed by atoms with E-state index < -0.39 is 0 Å². The summed E-state index contributed by atoms with van der Waals surface area (Å²) < 4.78 is 9.86. The van der Waals surface area contributed by atoms with E-state index in [1.807, 2.05) is 64.1 Å². The average molecular weight is 591 g/mol. The molecule has 8 heteroatoms. The molecule has 0 fully saturated rings. The summed E-state index contributed by atoms with van der Waals surface area (Å²) in [6.07, 6.45) is 5.20. The van der Waals surface area contributed by atoms with E-state index >= 15 is 0 Å². The van der Waals surface area contributed by atoms with Crippen molar-refractivity contribution in [2.24, 2.45) is 0 Å². The summed E-state index contributed by atoms with van der Waals surface area (Å²) in [6.45, 7) is 16.3. The number of fused-ring (bicyclic) bond motifs is 8. The van der Waals surface area contributed by atoms with Crippen LogP contribution in [0.15, 0.2) is 37.4 Å². The maximum Gasteiger partial charge on any atom is 0.305 e. The molecule has 2 aliphatic heterocycles. The zero-order chi connectivity index (χ0) is 31.7. The average Bonchev–Trinajstić information content (AvgIpc) is 3.67. The predicted molar refractivity (Wildman–Crippen MR) is 178 cm³/mol. The van der Waals surface area contributed by atoms with Gasteiger partial charge in [0, 0.05) is 46.0 Å². The van der Waals surface area contributed by atoms with Crippen molar-refractivity contribution < 1.29 is 19.1 Å². The summed E-state index contributed by atoms with van der Waals surface area (Å²) in [6, 6.07) is 8.14. The lowest BCUT2D eigenvalue weighted by Gasteiger charge is -2.04. The number of hydrogen-bond donors (Lipinski definition) is 2. The molecule has 0 aromatic carbocycles. The van der Waals surface area contributed by atoms with Crippen LogP contribution in [0.5, 0.6) is 0 Å².